The first-order chi connectivity index (χ1) is 16.3. The molecule has 0 bridgehead atoms. The molecule has 1 saturated heterocycles. The van der Waals surface area contributed by atoms with Crippen molar-refractivity contribution in [2.45, 2.75) is 25.8 Å². The lowest BCUT2D eigenvalue weighted by Gasteiger charge is -2.31. The van der Waals surface area contributed by atoms with Gasteiger partial charge in [-0.2, -0.15) is 0 Å². The Morgan fingerprint density at radius 2 is 1.97 bits per heavy atom. The van der Waals surface area contributed by atoms with Crippen molar-refractivity contribution >= 4 is 41.0 Å². The van der Waals surface area contributed by atoms with E-state index in [1.165, 1.54) is 4.90 Å². The van der Waals surface area contributed by atoms with Gasteiger partial charge in [0.25, 0.3) is 5.91 Å². The highest BCUT2D eigenvalue weighted by molar-refractivity contribution is 7.15. The zero-order valence-electron chi connectivity index (χ0n) is 18.4. The van der Waals surface area contributed by atoms with E-state index in [2.05, 4.69) is 22.5 Å². The molecule has 0 aliphatic carbocycles. The number of nitrogens with zero attached hydrogens (tertiary/aromatic N) is 1. The number of nitrogens with two attached hydrogens (primary N) is 1. The number of thiophene rings is 1. The number of nitrogens with one attached hydrogen (secondary N) is 2. The topological polar surface area (TPSA) is 151 Å². The number of benzene rings is 1. The Morgan fingerprint density at radius 1 is 1.24 bits per heavy atom. The summed E-state index contributed by atoms with van der Waals surface area (Å²) in [6.07, 6.45) is 0.257. The van der Waals surface area contributed by atoms with Gasteiger partial charge in [0.15, 0.2) is 0 Å². The van der Waals surface area contributed by atoms with E-state index in [-0.39, 0.29) is 29.8 Å². The summed E-state index contributed by atoms with van der Waals surface area (Å²) in [5.41, 5.74) is 6.53. The molecule has 0 saturated carbocycles. The first-order valence-corrected chi connectivity index (χ1v) is 11.4. The molecule has 2 heterocycles. The predicted molar refractivity (Wildman–Crippen MR) is 126 cm³/mol. The molecule has 1 fully saturated rings. The minimum absolute atomic E-state index is 0.194. The monoisotopic (exact) mass is 484 g/mol. The van der Waals surface area contributed by atoms with Crippen LogP contribution in [0.2, 0.25) is 0 Å². The van der Waals surface area contributed by atoms with Crippen LogP contribution in [-0.2, 0) is 4.74 Å². The number of carbonyl (C=O) groups excluding carboxylic acids is 3. The second-order valence-electron chi connectivity index (χ2n) is 7.43. The van der Waals surface area contributed by atoms with E-state index < -0.39 is 24.0 Å². The van der Waals surface area contributed by atoms with Crippen LogP contribution in [0.1, 0.15) is 50.2 Å². The number of anilines is 1. The molecule has 10 nitrogen and oxygen atoms in total. The van der Waals surface area contributed by atoms with Gasteiger partial charge >= 0.3 is 18.1 Å². The molecule has 3 rings (SSSR count). The van der Waals surface area contributed by atoms with Gasteiger partial charge in [-0.25, -0.2) is 14.4 Å². The normalized spacial score (nSPS) is 15.0. The van der Waals surface area contributed by atoms with E-state index >= 15 is 0 Å². The Hall–Kier alpha value is -4.04. The molecule has 0 spiro atoms. The van der Waals surface area contributed by atoms with Crippen LogP contribution in [0.4, 0.5) is 15.3 Å². The number of hydrogen-bond donors (Lipinski definition) is 4. The highest BCUT2D eigenvalue weighted by atomic mass is 32.1. The van der Waals surface area contributed by atoms with Crippen LogP contribution >= 0.6 is 11.3 Å². The molecule has 0 radical (unpaired) electrons. The number of piperidine rings is 1. The molecular weight excluding hydrogens is 460 g/mol. The van der Waals surface area contributed by atoms with Crippen molar-refractivity contribution in [3.05, 3.63) is 51.2 Å². The first-order valence-electron chi connectivity index (χ1n) is 10.5. The minimum atomic E-state index is -1.03. The fourth-order valence-corrected chi connectivity index (χ4v) is 4.27. The van der Waals surface area contributed by atoms with Crippen molar-refractivity contribution < 1.29 is 29.0 Å². The fraction of sp³-hybridized carbons (Fsp3) is 0.304. The largest absolute Gasteiger partial charge is 0.465 e. The van der Waals surface area contributed by atoms with Crippen molar-refractivity contribution in [1.29, 1.82) is 0 Å². The third kappa shape index (κ3) is 6.49. The van der Waals surface area contributed by atoms with Crippen LogP contribution < -0.4 is 16.4 Å². The first kappa shape index (κ1) is 24.6. The standard InChI is InChI=1S/C23H24N4O6S/c1-2-33-21(29)15-8-5-14(6-9-15)7-10-17-12-18(26-22(24)30)19(34-17)20(28)25-16-4-3-11-27(13-16)23(31)32/h5-6,8-9,12,16H,2-4,11,13H2,1H3,(H,25,28)(H,31,32)(H3,24,26,30). The van der Waals surface area contributed by atoms with Crippen LogP contribution in [0.5, 0.6) is 0 Å². The van der Waals surface area contributed by atoms with Gasteiger partial charge in [0, 0.05) is 24.7 Å². The predicted octanol–water partition coefficient (Wildman–Crippen LogP) is 2.69. The summed E-state index contributed by atoms with van der Waals surface area (Å²) < 4.78 is 4.95. The molecule has 2 aromatic rings. The minimum Gasteiger partial charge on any atom is -0.465 e. The number of carboxylic acid groups (broad SMARTS) is 1. The van der Waals surface area contributed by atoms with Crippen LogP contribution in [-0.4, -0.2) is 59.7 Å². The number of likely N-dealkylation sites (tertiary alicyclic amines) is 1. The fourth-order valence-electron chi connectivity index (χ4n) is 3.40. The lowest BCUT2D eigenvalue weighted by molar-refractivity contribution is 0.0526. The lowest BCUT2D eigenvalue weighted by Crippen LogP contribution is -2.49. The van der Waals surface area contributed by atoms with E-state index in [1.807, 2.05) is 0 Å². The highest BCUT2D eigenvalue weighted by Gasteiger charge is 2.26. The number of ether oxygens (including phenoxy) is 1. The van der Waals surface area contributed by atoms with Crippen molar-refractivity contribution in [3.63, 3.8) is 0 Å². The summed E-state index contributed by atoms with van der Waals surface area (Å²) in [7, 11) is 0. The SMILES string of the molecule is CCOC(=O)c1ccc(C#Cc2cc(NC(N)=O)c(C(=O)NC3CCCN(C(=O)O)C3)s2)cc1. The zero-order chi connectivity index (χ0) is 24.7. The maximum atomic E-state index is 12.9. The maximum absolute atomic E-state index is 12.9. The van der Waals surface area contributed by atoms with Crippen molar-refractivity contribution in [2.75, 3.05) is 25.0 Å². The number of esters is 1. The quantitative estimate of drug-likeness (QED) is 0.378. The van der Waals surface area contributed by atoms with E-state index in [1.54, 1.807) is 37.3 Å². The van der Waals surface area contributed by atoms with Crippen molar-refractivity contribution in [3.8, 4) is 11.8 Å². The molecule has 1 aromatic carbocycles. The van der Waals surface area contributed by atoms with Crippen molar-refractivity contribution in [2.24, 2.45) is 5.73 Å². The number of primary amides is 1. The zero-order valence-corrected chi connectivity index (χ0v) is 19.2. The number of carbonyl (C=O) groups is 4. The summed E-state index contributed by atoms with van der Waals surface area (Å²) in [6, 6.07) is 6.97. The second kappa shape index (κ2) is 11.2. The third-order valence-electron chi connectivity index (χ3n) is 4.95. The molecule has 34 heavy (non-hydrogen) atoms. The van der Waals surface area contributed by atoms with Gasteiger partial charge in [0.05, 0.1) is 22.7 Å². The number of rotatable bonds is 5. The van der Waals surface area contributed by atoms with Gasteiger partial charge in [-0.1, -0.05) is 11.8 Å². The summed E-state index contributed by atoms with van der Waals surface area (Å²) in [5.74, 6) is 5.04. The second-order valence-corrected chi connectivity index (χ2v) is 8.48. The average molecular weight is 485 g/mol. The third-order valence-corrected chi connectivity index (χ3v) is 6.00. The molecule has 1 aliphatic rings. The molecule has 1 aromatic heterocycles. The smallest absolute Gasteiger partial charge is 0.407 e. The van der Waals surface area contributed by atoms with Gasteiger partial charge in [-0.15, -0.1) is 11.3 Å². The van der Waals surface area contributed by atoms with Crippen LogP contribution in [0.25, 0.3) is 0 Å². The van der Waals surface area contributed by atoms with E-state index in [9.17, 15) is 24.3 Å². The summed E-state index contributed by atoms with van der Waals surface area (Å²) >= 11 is 1.08. The Labute approximate surface area is 200 Å². The number of amides is 4. The van der Waals surface area contributed by atoms with Gasteiger partial charge < -0.3 is 31.1 Å². The molecule has 1 aliphatic heterocycles. The lowest BCUT2D eigenvalue weighted by atomic mass is 10.1. The Kier molecular flexibility index (Phi) is 8.10. The van der Waals surface area contributed by atoms with Gasteiger partial charge in [-0.3, -0.25) is 4.79 Å². The molecule has 1 unspecified atom stereocenters. The van der Waals surface area contributed by atoms with Crippen molar-refractivity contribution in [1.82, 2.24) is 10.2 Å². The summed E-state index contributed by atoms with van der Waals surface area (Å²) in [4.78, 5) is 49.3. The highest BCUT2D eigenvalue weighted by Crippen LogP contribution is 2.27. The summed E-state index contributed by atoms with van der Waals surface area (Å²) in [5, 5.41) is 14.5. The van der Waals surface area contributed by atoms with Gasteiger partial charge in [0.2, 0.25) is 0 Å². The molecule has 4 amide bonds. The van der Waals surface area contributed by atoms with Crippen LogP contribution in [0.3, 0.4) is 0 Å². The van der Waals surface area contributed by atoms with Gasteiger partial charge in [0.1, 0.15) is 4.88 Å². The van der Waals surface area contributed by atoms with E-state index in [0.29, 0.717) is 35.4 Å². The number of urea groups is 1. The Morgan fingerprint density at radius 3 is 2.62 bits per heavy atom. The molecule has 1 atom stereocenters. The Balaban J connectivity index is 1.76. The van der Waals surface area contributed by atoms with E-state index in [0.717, 1.165) is 11.3 Å². The van der Waals surface area contributed by atoms with Gasteiger partial charge in [-0.05, 0) is 50.1 Å². The molecule has 11 heteroatoms. The summed E-state index contributed by atoms with van der Waals surface area (Å²) in [6.45, 7) is 2.64. The molecule has 5 N–H and O–H groups in total. The van der Waals surface area contributed by atoms with E-state index in [4.69, 9.17) is 10.5 Å². The maximum Gasteiger partial charge on any atom is 0.407 e. The average Bonchev–Trinajstić information content (AvgIpc) is 3.20. The molecule has 178 valence electrons. The van der Waals surface area contributed by atoms with Crippen LogP contribution in [0, 0.1) is 11.8 Å². The Bertz CT molecular complexity index is 1150. The molecular formula is C23H24N4O6S. The number of hydrogen-bond acceptors (Lipinski definition) is 6. The van der Waals surface area contributed by atoms with Crippen LogP contribution in [0.15, 0.2) is 30.3 Å².